The van der Waals surface area contributed by atoms with Crippen LogP contribution in [0.5, 0.6) is 5.75 Å². The first kappa shape index (κ1) is 20.7. The molecule has 0 unspecified atom stereocenters. The summed E-state index contributed by atoms with van der Waals surface area (Å²) in [6, 6.07) is 23.6. The number of hydrogen-bond acceptors (Lipinski definition) is 5. The van der Waals surface area contributed by atoms with E-state index in [1.165, 1.54) is 12.4 Å². The Morgan fingerprint density at radius 3 is 2.12 bits per heavy atom. The third-order valence-corrected chi connectivity index (χ3v) is 4.70. The summed E-state index contributed by atoms with van der Waals surface area (Å²) in [4.78, 5) is 32.9. The number of nitrogens with one attached hydrogen (secondary N) is 2. The molecule has 0 bridgehead atoms. The van der Waals surface area contributed by atoms with Crippen LogP contribution in [0, 0.1) is 0 Å². The molecule has 4 aromatic rings. The summed E-state index contributed by atoms with van der Waals surface area (Å²) in [5, 5.41) is 14.8. The smallest absolute Gasteiger partial charge is 0.251 e. The normalized spacial score (nSPS) is 10.4. The van der Waals surface area contributed by atoms with Crippen LogP contribution in [0.15, 0.2) is 91.3 Å². The first-order valence-electron chi connectivity index (χ1n) is 9.93. The van der Waals surface area contributed by atoms with E-state index in [0.717, 1.165) is 11.1 Å². The fourth-order valence-electron chi connectivity index (χ4n) is 3.10. The molecule has 158 valence electrons. The molecule has 2 amide bonds. The number of aromatic hydroxyl groups is 1. The molecule has 0 radical (unpaired) electrons. The Hall–Kier alpha value is -4.52. The van der Waals surface area contributed by atoms with Crippen molar-refractivity contribution in [3.8, 4) is 28.3 Å². The molecule has 0 fully saturated rings. The van der Waals surface area contributed by atoms with Crippen molar-refractivity contribution in [1.82, 2.24) is 15.3 Å². The summed E-state index contributed by atoms with van der Waals surface area (Å²) < 4.78 is 0. The third kappa shape index (κ3) is 5.14. The quantitative estimate of drug-likeness (QED) is 0.436. The molecule has 32 heavy (non-hydrogen) atoms. The monoisotopic (exact) mass is 424 g/mol. The van der Waals surface area contributed by atoms with Crippen LogP contribution in [-0.4, -0.2) is 33.4 Å². The average Bonchev–Trinajstić information content (AvgIpc) is 2.84. The molecule has 0 aliphatic heterocycles. The maximum absolute atomic E-state index is 12.3. The molecule has 0 aliphatic carbocycles. The summed E-state index contributed by atoms with van der Waals surface area (Å²) in [5.41, 5.74) is 3.61. The van der Waals surface area contributed by atoms with Gasteiger partial charge in [0.15, 0.2) is 5.82 Å². The van der Waals surface area contributed by atoms with Crippen LogP contribution in [0.25, 0.3) is 22.5 Å². The van der Waals surface area contributed by atoms with E-state index < -0.39 is 5.91 Å². The van der Waals surface area contributed by atoms with Gasteiger partial charge >= 0.3 is 0 Å². The summed E-state index contributed by atoms with van der Waals surface area (Å²) in [6.45, 7) is -0.187. The minimum atomic E-state index is -0.395. The van der Waals surface area contributed by atoms with Crippen LogP contribution in [0.1, 0.15) is 10.4 Å². The number of phenolic OH excluding ortho intramolecular Hbond substituents is 1. The number of nitrogens with zero attached hydrogens (tertiary/aromatic N) is 2. The molecule has 3 aromatic carbocycles. The van der Waals surface area contributed by atoms with Crippen LogP contribution < -0.4 is 10.6 Å². The van der Waals surface area contributed by atoms with E-state index in [9.17, 15) is 14.7 Å². The maximum atomic E-state index is 12.3. The molecule has 7 heteroatoms. The lowest BCUT2D eigenvalue weighted by Crippen LogP contribution is -2.32. The Bertz CT molecular complexity index is 1220. The van der Waals surface area contributed by atoms with Gasteiger partial charge in [-0.05, 0) is 35.4 Å². The number of hydrogen-bond donors (Lipinski definition) is 3. The molecular formula is C25H20N4O3. The summed E-state index contributed by atoms with van der Waals surface area (Å²) in [6.07, 6.45) is 2.93. The number of aromatic nitrogens is 2. The van der Waals surface area contributed by atoms with Crippen molar-refractivity contribution in [3.63, 3.8) is 0 Å². The minimum Gasteiger partial charge on any atom is -0.508 e. The van der Waals surface area contributed by atoms with Gasteiger partial charge in [0.2, 0.25) is 5.91 Å². The molecule has 0 saturated carbocycles. The van der Waals surface area contributed by atoms with Gasteiger partial charge in [0.05, 0.1) is 24.6 Å². The number of benzene rings is 3. The van der Waals surface area contributed by atoms with E-state index in [4.69, 9.17) is 0 Å². The first-order valence-corrected chi connectivity index (χ1v) is 9.93. The van der Waals surface area contributed by atoms with Gasteiger partial charge in [0.1, 0.15) is 5.75 Å². The van der Waals surface area contributed by atoms with Crippen LogP contribution in [0.3, 0.4) is 0 Å². The number of anilines is 1. The van der Waals surface area contributed by atoms with Gasteiger partial charge in [0.25, 0.3) is 5.91 Å². The highest BCUT2D eigenvalue weighted by atomic mass is 16.3. The van der Waals surface area contributed by atoms with Gasteiger partial charge in [-0.3, -0.25) is 9.59 Å². The van der Waals surface area contributed by atoms with E-state index in [0.29, 0.717) is 22.6 Å². The van der Waals surface area contributed by atoms with Crippen molar-refractivity contribution >= 4 is 17.5 Å². The zero-order chi connectivity index (χ0) is 22.3. The fraction of sp³-hybridized carbons (Fsp3) is 0.0400. The number of carbonyl (C=O) groups excluding carboxylic acids is 2. The highest BCUT2D eigenvalue weighted by Crippen LogP contribution is 2.20. The van der Waals surface area contributed by atoms with Crippen LogP contribution in [0.2, 0.25) is 0 Å². The maximum Gasteiger partial charge on any atom is 0.251 e. The van der Waals surface area contributed by atoms with Gasteiger partial charge in [-0.1, -0.05) is 54.6 Å². The molecule has 7 nitrogen and oxygen atoms in total. The molecule has 1 heterocycles. The topological polar surface area (TPSA) is 104 Å². The molecular weight excluding hydrogens is 404 g/mol. The van der Waals surface area contributed by atoms with Gasteiger partial charge in [-0.15, -0.1) is 0 Å². The van der Waals surface area contributed by atoms with Gasteiger partial charge in [0, 0.05) is 11.1 Å². The average molecular weight is 424 g/mol. The Balaban J connectivity index is 1.30. The van der Waals surface area contributed by atoms with E-state index in [2.05, 4.69) is 20.6 Å². The summed E-state index contributed by atoms with van der Waals surface area (Å²) in [7, 11) is 0. The molecule has 0 aliphatic rings. The highest BCUT2D eigenvalue weighted by Gasteiger charge is 2.10. The van der Waals surface area contributed by atoms with Crippen molar-refractivity contribution in [3.05, 3.63) is 96.8 Å². The van der Waals surface area contributed by atoms with Crippen molar-refractivity contribution in [2.75, 3.05) is 11.9 Å². The lowest BCUT2D eigenvalue weighted by atomic mass is 10.0. The SMILES string of the molecule is O=C(CNC(=O)c1ccc(-c2ccccc2)cc1)Nc1cnc(-c2cccc(O)c2)nc1. The van der Waals surface area contributed by atoms with Crippen molar-refractivity contribution in [2.45, 2.75) is 0 Å². The second kappa shape index (κ2) is 9.53. The van der Waals surface area contributed by atoms with Crippen LogP contribution in [-0.2, 0) is 4.79 Å². The Kier molecular flexibility index (Phi) is 6.17. The predicted molar refractivity (Wildman–Crippen MR) is 122 cm³/mol. The van der Waals surface area contributed by atoms with E-state index in [-0.39, 0.29) is 18.2 Å². The van der Waals surface area contributed by atoms with Crippen molar-refractivity contribution < 1.29 is 14.7 Å². The van der Waals surface area contributed by atoms with Crippen molar-refractivity contribution in [2.24, 2.45) is 0 Å². The Morgan fingerprint density at radius 2 is 1.44 bits per heavy atom. The number of amides is 2. The second-order valence-electron chi connectivity index (χ2n) is 7.02. The minimum absolute atomic E-state index is 0.119. The fourth-order valence-corrected chi connectivity index (χ4v) is 3.10. The number of carbonyl (C=O) groups is 2. The van der Waals surface area contributed by atoms with Gasteiger partial charge < -0.3 is 15.7 Å². The third-order valence-electron chi connectivity index (χ3n) is 4.70. The highest BCUT2D eigenvalue weighted by molar-refractivity contribution is 5.99. The standard InChI is InChI=1S/C25H20N4O3/c30-22-8-4-7-20(13-22)24-26-14-21(15-27-24)29-23(31)16-28-25(32)19-11-9-18(10-12-19)17-5-2-1-3-6-17/h1-15,30H,16H2,(H,28,32)(H,29,31). The van der Waals surface area contributed by atoms with E-state index in [1.54, 1.807) is 36.4 Å². The number of rotatable bonds is 6. The molecule has 3 N–H and O–H groups in total. The van der Waals surface area contributed by atoms with Crippen molar-refractivity contribution in [1.29, 1.82) is 0 Å². The summed E-state index contributed by atoms with van der Waals surface area (Å²) >= 11 is 0. The lowest BCUT2D eigenvalue weighted by Gasteiger charge is -2.08. The number of phenols is 1. The zero-order valence-corrected chi connectivity index (χ0v) is 17.0. The van der Waals surface area contributed by atoms with Crippen LogP contribution >= 0.6 is 0 Å². The van der Waals surface area contributed by atoms with E-state index >= 15 is 0 Å². The Labute approximate surface area is 184 Å². The lowest BCUT2D eigenvalue weighted by molar-refractivity contribution is -0.115. The predicted octanol–water partition coefficient (Wildman–Crippen LogP) is 3.88. The van der Waals surface area contributed by atoms with Crippen LogP contribution in [0.4, 0.5) is 5.69 Å². The largest absolute Gasteiger partial charge is 0.508 e. The summed E-state index contributed by atoms with van der Waals surface area (Å²) in [5.74, 6) is -0.191. The molecule has 0 atom stereocenters. The molecule has 1 aromatic heterocycles. The first-order chi connectivity index (χ1) is 15.6. The van der Waals surface area contributed by atoms with Gasteiger partial charge in [-0.25, -0.2) is 9.97 Å². The van der Waals surface area contributed by atoms with Gasteiger partial charge in [-0.2, -0.15) is 0 Å². The Morgan fingerprint density at radius 1 is 0.781 bits per heavy atom. The second-order valence-corrected chi connectivity index (χ2v) is 7.02. The molecule has 0 spiro atoms. The van der Waals surface area contributed by atoms with E-state index in [1.807, 2.05) is 42.5 Å². The molecule has 4 rings (SSSR count). The molecule has 0 saturated heterocycles. The zero-order valence-electron chi connectivity index (χ0n) is 17.0.